The highest BCUT2D eigenvalue weighted by Gasteiger charge is 2.17. The molecule has 0 aliphatic heterocycles. The second-order valence-corrected chi connectivity index (χ2v) is 5.05. The van der Waals surface area contributed by atoms with Crippen LogP contribution in [0.25, 0.3) is 5.65 Å². The van der Waals surface area contributed by atoms with Crippen molar-refractivity contribution in [2.24, 2.45) is 0 Å². The van der Waals surface area contributed by atoms with Gasteiger partial charge in [-0.25, -0.2) is 4.40 Å². The van der Waals surface area contributed by atoms with Gasteiger partial charge in [0.1, 0.15) is 11.9 Å². The lowest BCUT2D eigenvalue weighted by atomic mass is 9.97. The quantitative estimate of drug-likeness (QED) is 0.542. The van der Waals surface area contributed by atoms with Gasteiger partial charge in [-0.05, 0) is 30.3 Å². The standard InChI is InChI=1S/C12H13N2.ClHO4/c1-2-6-11-10(5-1)9-13-12-7-3-4-8-14(11)12;2-1(3,4)5/h3-4,7-9H,1-2,5-6H2;(H,2,3,4,5)/q+1;. The van der Waals surface area contributed by atoms with E-state index in [0.717, 1.165) is 5.65 Å². The molecule has 2 aromatic rings. The summed E-state index contributed by atoms with van der Waals surface area (Å²) >= 11 is 0. The first-order valence-electron chi connectivity index (χ1n) is 5.85. The molecule has 2 heterocycles. The number of rotatable bonds is 0. The fraction of sp³-hybridized carbons (Fsp3) is 0.333. The number of fused-ring (bicyclic) bond motifs is 3. The maximum absolute atomic E-state index is 8.60. The van der Waals surface area contributed by atoms with Crippen LogP contribution >= 0.6 is 0 Å². The molecule has 0 unspecified atom stereocenters. The van der Waals surface area contributed by atoms with Crippen LogP contribution in [0.4, 0.5) is 0 Å². The molecule has 6 nitrogen and oxygen atoms in total. The summed E-state index contributed by atoms with van der Waals surface area (Å²) in [5.74, 6) is 0. The van der Waals surface area contributed by atoms with E-state index in [0.29, 0.717) is 0 Å². The molecule has 0 bridgehead atoms. The summed E-state index contributed by atoms with van der Waals surface area (Å²) in [5.41, 5.74) is 3.95. The van der Waals surface area contributed by atoms with Crippen molar-refractivity contribution in [3.63, 3.8) is 0 Å². The van der Waals surface area contributed by atoms with Crippen LogP contribution in [-0.4, -0.2) is 9.64 Å². The minimum Gasteiger partial charge on any atom is -0.200 e. The lowest BCUT2D eigenvalue weighted by Gasteiger charge is -2.12. The van der Waals surface area contributed by atoms with Crippen molar-refractivity contribution in [2.75, 3.05) is 0 Å². The van der Waals surface area contributed by atoms with Crippen LogP contribution < -0.4 is 18.4 Å². The van der Waals surface area contributed by atoms with Gasteiger partial charge >= 0.3 is 5.65 Å². The van der Waals surface area contributed by atoms with Crippen molar-refractivity contribution in [1.82, 2.24) is 4.98 Å². The Kier molecular flexibility index (Phi) is 4.28. The average Bonchev–Trinajstić information content (AvgIpc) is 2.37. The van der Waals surface area contributed by atoms with Crippen molar-refractivity contribution >= 4 is 5.65 Å². The Hall–Kier alpha value is -1.31. The molecule has 7 heteroatoms. The second-order valence-electron chi connectivity index (χ2n) is 4.26. The monoisotopic (exact) mass is 285 g/mol. The first-order valence-corrected chi connectivity index (χ1v) is 7.12. The molecule has 102 valence electrons. The smallest absolute Gasteiger partial charge is 0.200 e. The van der Waals surface area contributed by atoms with E-state index >= 15 is 0 Å². The molecule has 0 atom stereocenters. The molecule has 0 aromatic carbocycles. The third-order valence-corrected chi connectivity index (χ3v) is 2.96. The van der Waals surface area contributed by atoms with E-state index in [4.69, 9.17) is 18.6 Å². The minimum absolute atomic E-state index is 1.06. The highest BCUT2D eigenvalue weighted by molar-refractivity contribution is 5.31. The molecule has 0 amide bonds. The van der Waals surface area contributed by atoms with Gasteiger partial charge in [0.05, 0.1) is 21.1 Å². The summed E-state index contributed by atoms with van der Waals surface area (Å²) in [4.78, 5) is 4.46. The van der Waals surface area contributed by atoms with E-state index in [-0.39, 0.29) is 0 Å². The normalized spacial score (nSPS) is 14.5. The largest absolute Gasteiger partial charge is 0.327 e. The molecule has 0 spiro atoms. The van der Waals surface area contributed by atoms with Crippen LogP contribution in [0.3, 0.4) is 0 Å². The maximum atomic E-state index is 8.60. The molecule has 0 saturated heterocycles. The summed E-state index contributed by atoms with van der Waals surface area (Å²) in [6.07, 6.45) is 9.18. The molecular formula is C12H14ClN2O4+. The van der Waals surface area contributed by atoms with E-state index in [1.54, 1.807) is 0 Å². The fourth-order valence-corrected chi connectivity index (χ4v) is 2.24. The van der Waals surface area contributed by atoms with Gasteiger partial charge in [-0.1, -0.05) is 6.07 Å². The molecule has 0 saturated carbocycles. The molecular weight excluding hydrogens is 272 g/mol. The van der Waals surface area contributed by atoms with Crippen LogP contribution in [0.2, 0.25) is 0 Å². The van der Waals surface area contributed by atoms with Crippen molar-refractivity contribution in [2.45, 2.75) is 25.7 Å². The van der Waals surface area contributed by atoms with E-state index in [1.807, 2.05) is 12.3 Å². The van der Waals surface area contributed by atoms with Crippen LogP contribution in [0.15, 0.2) is 30.6 Å². The first kappa shape index (κ1) is 14.1. The zero-order valence-corrected chi connectivity index (χ0v) is 10.9. The maximum Gasteiger partial charge on any atom is 0.327 e. The third-order valence-electron chi connectivity index (χ3n) is 2.96. The van der Waals surface area contributed by atoms with E-state index < -0.39 is 10.2 Å². The summed E-state index contributed by atoms with van der Waals surface area (Å²) in [6.45, 7) is 0. The predicted molar refractivity (Wildman–Crippen MR) is 56.3 cm³/mol. The van der Waals surface area contributed by atoms with Gasteiger partial charge in [0.15, 0.2) is 0 Å². The first-order chi connectivity index (χ1) is 8.95. The SMILES string of the molecule is [O-][Cl+3]([O-])([O-])O.c1cc[n+]2c3c(cnc2c1)CCCC3. The van der Waals surface area contributed by atoms with Crippen molar-refractivity contribution in [3.8, 4) is 0 Å². The Balaban J connectivity index is 0.000000232. The average molecular weight is 286 g/mol. The van der Waals surface area contributed by atoms with Crippen LogP contribution in [0.1, 0.15) is 24.1 Å². The highest BCUT2D eigenvalue weighted by atomic mass is 35.7. The van der Waals surface area contributed by atoms with E-state index in [2.05, 4.69) is 27.7 Å². The zero-order chi connectivity index (χ0) is 13.9. The fourth-order valence-electron chi connectivity index (χ4n) is 2.24. The van der Waals surface area contributed by atoms with Crippen LogP contribution in [-0.2, 0) is 12.8 Å². The zero-order valence-electron chi connectivity index (χ0n) is 10.2. The van der Waals surface area contributed by atoms with E-state index in [9.17, 15) is 0 Å². The number of hydrogen-bond acceptors (Lipinski definition) is 5. The molecule has 3 rings (SSSR count). The van der Waals surface area contributed by atoms with Gasteiger partial charge in [-0.3, -0.25) is 0 Å². The molecule has 2 aromatic heterocycles. The van der Waals surface area contributed by atoms with Gasteiger partial charge in [-0.2, -0.15) is 14.0 Å². The molecule has 1 aliphatic rings. The Bertz CT molecular complexity index is 565. The number of hydrogen-bond donors (Lipinski definition) is 1. The summed E-state index contributed by atoms with van der Waals surface area (Å²) in [7, 11) is -4.69. The number of aromatic nitrogens is 2. The Labute approximate surface area is 112 Å². The third kappa shape index (κ3) is 4.09. The highest BCUT2D eigenvalue weighted by Crippen LogP contribution is 2.17. The molecule has 1 aliphatic carbocycles. The number of pyridine rings is 1. The van der Waals surface area contributed by atoms with Crippen LogP contribution in [0.5, 0.6) is 0 Å². The van der Waals surface area contributed by atoms with E-state index in [1.165, 1.54) is 36.9 Å². The summed E-state index contributed by atoms with van der Waals surface area (Å²) in [5, 5.41) is 0. The van der Waals surface area contributed by atoms with Gasteiger partial charge in [0.25, 0.3) is 0 Å². The number of halogens is 1. The number of nitrogens with zero attached hydrogens (tertiary/aromatic N) is 2. The molecule has 19 heavy (non-hydrogen) atoms. The van der Waals surface area contributed by atoms with Crippen molar-refractivity contribution in [1.29, 1.82) is 0 Å². The molecule has 0 fully saturated rings. The van der Waals surface area contributed by atoms with Crippen molar-refractivity contribution < 1.29 is 33.3 Å². The second kappa shape index (κ2) is 5.77. The van der Waals surface area contributed by atoms with Gasteiger partial charge < -0.3 is 0 Å². The summed E-state index contributed by atoms with van der Waals surface area (Å²) in [6, 6.07) is 6.18. The van der Waals surface area contributed by atoms with Gasteiger partial charge in [0, 0.05) is 18.1 Å². The predicted octanol–water partition coefficient (Wildman–Crippen LogP) is -2.42. The van der Waals surface area contributed by atoms with Crippen molar-refractivity contribution in [3.05, 3.63) is 41.9 Å². The lowest BCUT2D eigenvalue weighted by Crippen LogP contribution is -2.58. The molecule has 1 N–H and O–H groups in total. The molecule has 0 radical (unpaired) electrons. The minimum atomic E-state index is -4.69. The lowest BCUT2D eigenvalue weighted by molar-refractivity contribution is -1.92. The Morgan fingerprint density at radius 2 is 1.84 bits per heavy atom. The van der Waals surface area contributed by atoms with Crippen LogP contribution in [0, 0.1) is 10.2 Å². The van der Waals surface area contributed by atoms with Gasteiger partial charge in [0.2, 0.25) is 0 Å². The topological polar surface area (TPSA) is 106 Å². The summed E-state index contributed by atoms with van der Waals surface area (Å²) < 4.78 is 35.0. The Morgan fingerprint density at radius 3 is 2.58 bits per heavy atom. The van der Waals surface area contributed by atoms with Gasteiger partial charge in [-0.15, -0.1) is 0 Å². The Morgan fingerprint density at radius 1 is 1.16 bits per heavy atom. The number of aryl methyl sites for hydroxylation is 2.